The molecule has 1 N–H and O–H groups in total. The van der Waals surface area contributed by atoms with Gasteiger partial charge in [-0.2, -0.15) is 0 Å². The summed E-state index contributed by atoms with van der Waals surface area (Å²) in [7, 11) is 0. The van der Waals surface area contributed by atoms with Gasteiger partial charge in [-0.25, -0.2) is 0 Å². The van der Waals surface area contributed by atoms with Crippen molar-refractivity contribution in [2.75, 3.05) is 19.8 Å². The highest BCUT2D eigenvalue weighted by Gasteiger charge is 2.38. The van der Waals surface area contributed by atoms with Crippen molar-refractivity contribution in [3.8, 4) is 0 Å². The molecule has 2 heterocycles. The fourth-order valence-electron chi connectivity index (χ4n) is 1.45. The van der Waals surface area contributed by atoms with Crippen molar-refractivity contribution in [2.45, 2.75) is 0 Å². The Morgan fingerprint density at radius 1 is 1.56 bits per heavy atom. The number of carbonyl (C=O) groups is 1. The molecule has 0 bridgehead atoms. The van der Waals surface area contributed by atoms with E-state index in [4.69, 9.17) is 4.74 Å². The Kier molecular flexibility index (Phi) is 0.990. The van der Waals surface area contributed by atoms with Crippen LogP contribution in [0.4, 0.5) is 0 Å². The van der Waals surface area contributed by atoms with E-state index >= 15 is 0 Å². The monoisotopic (exact) mass is 127 g/mol. The summed E-state index contributed by atoms with van der Waals surface area (Å²) in [6.45, 7) is 2.23. The zero-order valence-electron chi connectivity index (χ0n) is 5.09. The second kappa shape index (κ2) is 1.70. The Morgan fingerprint density at radius 2 is 2.44 bits per heavy atom. The average molecular weight is 127 g/mol. The van der Waals surface area contributed by atoms with E-state index in [1.54, 1.807) is 0 Å². The molecular weight excluding hydrogens is 118 g/mol. The lowest BCUT2D eigenvalue weighted by molar-refractivity contribution is -0.122. The molecule has 0 radical (unpaired) electrons. The number of fused-ring (bicyclic) bond motifs is 1. The molecule has 9 heavy (non-hydrogen) atoms. The predicted molar refractivity (Wildman–Crippen MR) is 30.8 cm³/mol. The molecular formula is C6H9NO2. The fourth-order valence-corrected chi connectivity index (χ4v) is 1.45. The highest BCUT2D eigenvalue weighted by atomic mass is 16.5. The number of amides is 1. The van der Waals surface area contributed by atoms with Crippen molar-refractivity contribution in [1.29, 1.82) is 0 Å². The molecule has 0 aromatic heterocycles. The molecule has 2 atom stereocenters. The van der Waals surface area contributed by atoms with Gasteiger partial charge < -0.3 is 10.1 Å². The van der Waals surface area contributed by atoms with Crippen LogP contribution < -0.4 is 5.32 Å². The number of hydrogen-bond acceptors (Lipinski definition) is 2. The third-order valence-electron chi connectivity index (χ3n) is 2.07. The Labute approximate surface area is 53.4 Å². The van der Waals surface area contributed by atoms with Crippen LogP contribution in [0.15, 0.2) is 0 Å². The first-order valence-electron chi connectivity index (χ1n) is 3.23. The first-order chi connectivity index (χ1) is 4.38. The molecule has 0 aromatic rings. The summed E-state index contributed by atoms with van der Waals surface area (Å²) in [5.74, 6) is 0.819. The summed E-state index contributed by atoms with van der Waals surface area (Å²) in [5.41, 5.74) is 0. The Hall–Kier alpha value is -0.570. The third kappa shape index (κ3) is 0.645. The van der Waals surface area contributed by atoms with Crippen molar-refractivity contribution in [3.63, 3.8) is 0 Å². The van der Waals surface area contributed by atoms with Crippen LogP contribution in [0.3, 0.4) is 0 Å². The highest BCUT2D eigenvalue weighted by molar-refractivity contribution is 5.81. The lowest BCUT2D eigenvalue weighted by atomic mass is 10.0. The molecule has 50 valence electrons. The zero-order chi connectivity index (χ0) is 6.27. The van der Waals surface area contributed by atoms with Crippen LogP contribution in [-0.2, 0) is 9.53 Å². The summed E-state index contributed by atoms with van der Waals surface area (Å²) < 4.78 is 5.12. The van der Waals surface area contributed by atoms with Gasteiger partial charge in [-0.1, -0.05) is 0 Å². The molecule has 2 aliphatic heterocycles. The summed E-state index contributed by atoms with van der Waals surface area (Å²) in [4.78, 5) is 10.9. The van der Waals surface area contributed by atoms with Crippen LogP contribution in [0.2, 0.25) is 0 Å². The minimum atomic E-state index is 0.171. The third-order valence-corrected chi connectivity index (χ3v) is 2.07. The molecule has 2 rings (SSSR count). The van der Waals surface area contributed by atoms with Crippen molar-refractivity contribution in [2.24, 2.45) is 11.8 Å². The van der Waals surface area contributed by atoms with Gasteiger partial charge in [0.05, 0.1) is 19.1 Å². The summed E-state index contributed by atoms with van der Waals surface area (Å²) >= 11 is 0. The number of nitrogens with one attached hydrogen (secondary N) is 1. The van der Waals surface area contributed by atoms with Gasteiger partial charge in [0.25, 0.3) is 0 Å². The maximum absolute atomic E-state index is 10.9. The molecule has 1 amide bonds. The molecule has 0 saturated carbocycles. The van der Waals surface area contributed by atoms with Crippen LogP contribution in [0.25, 0.3) is 0 Å². The number of carbonyl (C=O) groups excluding carboxylic acids is 1. The molecule has 2 aliphatic rings. The van der Waals surface area contributed by atoms with Crippen molar-refractivity contribution in [3.05, 3.63) is 0 Å². The summed E-state index contributed by atoms with van der Waals surface area (Å²) in [5, 5.41) is 2.80. The Bertz CT molecular complexity index is 146. The summed E-state index contributed by atoms with van der Waals surface area (Å²) in [6, 6.07) is 0. The standard InChI is InChI=1S/C6H9NO2/c8-6-5-3-9-2-4(5)1-7-6/h4-5H,1-3H2,(H,7,8). The van der Waals surface area contributed by atoms with Gasteiger partial charge in [0.15, 0.2) is 0 Å². The largest absolute Gasteiger partial charge is 0.380 e. The van der Waals surface area contributed by atoms with E-state index in [1.807, 2.05) is 0 Å². The van der Waals surface area contributed by atoms with E-state index in [2.05, 4.69) is 5.32 Å². The van der Waals surface area contributed by atoms with E-state index in [1.165, 1.54) is 0 Å². The van der Waals surface area contributed by atoms with E-state index in [0.29, 0.717) is 12.5 Å². The highest BCUT2D eigenvalue weighted by Crippen LogP contribution is 2.24. The molecule has 3 nitrogen and oxygen atoms in total. The van der Waals surface area contributed by atoms with Gasteiger partial charge in [-0.15, -0.1) is 0 Å². The number of ether oxygens (including phenoxy) is 1. The second-order valence-electron chi connectivity index (χ2n) is 2.65. The average Bonchev–Trinajstić information content (AvgIpc) is 2.35. The minimum absolute atomic E-state index is 0.171. The topological polar surface area (TPSA) is 38.3 Å². The molecule has 2 unspecified atom stereocenters. The molecule has 0 aliphatic carbocycles. The number of rotatable bonds is 0. The van der Waals surface area contributed by atoms with Gasteiger partial charge in [-0.05, 0) is 0 Å². The van der Waals surface area contributed by atoms with Crippen molar-refractivity contribution < 1.29 is 9.53 Å². The van der Waals surface area contributed by atoms with E-state index < -0.39 is 0 Å². The normalized spacial score (nSPS) is 40.7. The quantitative estimate of drug-likeness (QED) is 0.471. The van der Waals surface area contributed by atoms with Gasteiger partial charge in [0.1, 0.15) is 0 Å². The van der Waals surface area contributed by atoms with Crippen LogP contribution in [0.1, 0.15) is 0 Å². The molecule has 3 heteroatoms. The first-order valence-corrected chi connectivity index (χ1v) is 3.23. The van der Waals surface area contributed by atoms with Gasteiger partial charge in [0.2, 0.25) is 5.91 Å². The molecule has 0 spiro atoms. The number of hydrogen-bond donors (Lipinski definition) is 1. The van der Waals surface area contributed by atoms with Crippen LogP contribution in [0.5, 0.6) is 0 Å². The van der Waals surface area contributed by atoms with E-state index in [9.17, 15) is 4.79 Å². The van der Waals surface area contributed by atoms with E-state index in [0.717, 1.165) is 13.2 Å². The minimum Gasteiger partial charge on any atom is -0.380 e. The maximum Gasteiger partial charge on any atom is 0.225 e. The molecule has 2 fully saturated rings. The molecule has 2 saturated heterocycles. The molecule has 0 aromatic carbocycles. The van der Waals surface area contributed by atoms with Crippen molar-refractivity contribution >= 4 is 5.91 Å². The smallest absolute Gasteiger partial charge is 0.225 e. The first kappa shape index (κ1) is 5.23. The zero-order valence-corrected chi connectivity index (χ0v) is 5.09. The van der Waals surface area contributed by atoms with Gasteiger partial charge in [-0.3, -0.25) is 4.79 Å². The lowest BCUT2D eigenvalue weighted by Gasteiger charge is -1.97. The van der Waals surface area contributed by atoms with Crippen LogP contribution in [-0.4, -0.2) is 25.7 Å². The summed E-state index contributed by atoms with van der Waals surface area (Å²) in [6.07, 6.45) is 0. The van der Waals surface area contributed by atoms with Crippen LogP contribution >= 0.6 is 0 Å². The van der Waals surface area contributed by atoms with Gasteiger partial charge >= 0.3 is 0 Å². The SMILES string of the molecule is O=C1NCC2COCC12. The lowest BCUT2D eigenvalue weighted by Crippen LogP contribution is -2.20. The maximum atomic E-state index is 10.9. The van der Waals surface area contributed by atoms with Gasteiger partial charge in [0, 0.05) is 12.5 Å². The van der Waals surface area contributed by atoms with E-state index in [-0.39, 0.29) is 11.8 Å². The second-order valence-corrected chi connectivity index (χ2v) is 2.65. The van der Waals surface area contributed by atoms with Crippen molar-refractivity contribution in [1.82, 2.24) is 5.32 Å². The Balaban J connectivity index is 2.15. The Morgan fingerprint density at radius 3 is 3.22 bits per heavy atom. The predicted octanol–water partition coefficient (Wildman–Crippen LogP) is -0.621. The fraction of sp³-hybridized carbons (Fsp3) is 0.833. The van der Waals surface area contributed by atoms with Crippen LogP contribution in [0, 0.1) is 11.8 Å².